The van der Waals surface area contributed by atoms with E-state index in [4.69, 9.17) is 11.6 Å². The predicted molar refractivity (Wildman–Crippen MR) is 108 cm³/mol. The first-order valence-electron chi connectivity index (χ1n) is 8.84. The molecule has 0 radical (unpaired) electrons. The molecule has 6 nitrogen and oxygen atoms in total. The molecule has 0 aliphatic heterocycles. The zero-order valence-corrected chi connectivity index (χ0v) is 16.3. The van der Waals surface area contributed by atoms with Gasteiger partial charge in [0.2, 0.25) is 5.91 Å². The zero-order valence-electron chi connectivity index (χ0n) is 15.5. The Bertz CT molecular complexity index is 956. The molecule has 144 valence electrons. The highest BCUT2D eigenvalue weighted by molar-refractivity contribution is 6.30. The molecule has 7 heteroatoms. The van der Waals surface area contributed by atoms with Gasteiger partial charge in [-0.15, -0.1) is 0 Å². The molecule has 0 aliphatic rings. The summed E-state index contributed by atoms with van der Waals surface area (Å²) >= 11 is 5.88. The second kappa shape index (κ2) is 9.19. The maximum Gasteiger partial charge on any atom is 0.251 e. The SMILES string of the molecule is CN(Cc1cnn(Cc2ccccc2)c1)C(=O)CNC(=O)c1cccc(Cl)c1. The van der Waals surface area contributed by atoms with Gasteiger partial charge in [0, 0.05) is 35.9 Å². The van der Waals surface area contributed by atoms with Crippen LogP contribution in [-0.4, -0.2) is 40.1 Å². The van der Waals surface area contributed by atoms with Gasteiger partial charge in [-0.25, -0.2) is 0 Å². The quantitative estimate of drug-likeness (QED) is 0.667. The van der Waals surface area contributed by atoms with Gasteiger partial charge in [-0.1, -0.05) is 48.0 Å². The van der Waals surface area contributed by atoms with E-state index < -0.39 is 0 Å². The van der Waals surface area contributed by atoms with E-state index in [9.17, 15) is 9.59 Å². The van der Waals surface area contributed by atoms with E-state index in [1.165, 1.54) is 0 Å². The molecule has 1 N–H and O–H groups in total. The highest BCUT2D eigenvalue weighted by atomic mass is 35.5. The fraction of sp³-hybridized carbons (Fsp3) is 0.190. The third-order valence-electron chi connectivity index (χ3n) is 4.21. The molecule has 0 fully saturated rings. The Morgan fingerprint density at radius 1 is 1.11 bits per heavy atom. The number of nitrogens with one attached hydrogen (secondary N) is 1. The van der Waals surface area contributed by atoms with Crippen LogP contribution in [0.2, 0.25) is 5.02 Å². The average molecular weight is 397 g/mol. The first kappa shape index (κ1) is 19.6. The minimum Gasteiger partial charge on any atom is -0.343 e. The largest absolute Gasteiger partial charge is 0.343 e. The van der Waals surface area contributed by atoms with Crippen LogP contribution >= 0.6 is 11.6 Å². The maximum atomic E-state index is 12.3. The van der Waals surface area contributed by atoms with Crippen molar-refractivity contribution >= 4 is 23.4 Å². The van der Waals surface area contributed by atoms with Gasteiger partial charge in [-0.2, -0.15) is 5.10 Å². The van der Waals surface area contributed by atoms with Crippen molar-refractivity contribution in [2.45, 2.75) is 13.1 Å². The number of carbonyl (C=O) groups is 2. The lowest BCUT2D eigenvalue weighted by atomic mass is 10.2. The maximum absolute atomic E-state index is 12.3. The third kappa shape index (κ3) is 5.44. The molecule has 0 bridgehead atoms. The minimum absolute atomic E-state index is 0.0833. The Morgan fingerprint density at radius 3 is 2.64 bits per heavy atom. The number of hydrogen-bond acceptors (Lipinski definition) is 3. The molecular formula is C21H21ClN4O2. The van der Waals surface area contributed by atoms with E-state index in [1.54, 1.807) is 42.4 Å². The molecule has 2 amide bonds. The Balaban J connectivity index is 1.49. The summed E-state index contributed by atoms with van der Waals surface area (Å²) in [5, 5.41) is 7.44. The molecule has 28 heavy (non-hydrogen) atoms. The minimum atomic E-state index is -0.333. The van der Waals surface area contributed by atoms with Gasteiger partial charge in [-0.3, -0.25) is 14.3 Å². The first-order chi connectivity index (χ1) is 13.5. The summed E-state index contributed by atoms with van der Waals surface area (Å²) in [5.41, 5.74) is 2.50. The number of amides is 2. The van der Waals surface area contributed by atoms with Gasteiger partial charge >= 0.3 is 0 Å². The summed E-state index contributed by atoms with van der Waals surface area (Å²) in [4.78, 5) is 26.0. The number of aromatic nitrogens is 2. The fourth-order valence-corrected chi connectivity index (χ4v) is 2.92. The summed E-state index contributed by atoms with van der Waals surface area (Å²) < 4.78 is 1.84. The smallest absolute Gasteiger partial charge is 0.251 e. The van der Waals surface area contributed by atoms with Crippen molar-refractivity contribution in [1.82, 2.24) is 20.0 Å². The normalized spacial score (nSPS) is 10.5. The third-order valence-corrected chi connectivity index (χ3v) is 4.44. The van der Waals surface area contributed by atoms with Crippen molar-refractivity contribution in [1.29, 1.82) is 0 Å². The summed E-state index contributed by atoms with van der Waals surface area (Å²) in [6.45, 7) is 1.01. The van der Waals surface area contributed by atoms with E-state index in [2.05, 4.69) is 10.4 Å². The lowest BCUT2D eigenvalue weighted by Crippen LogP contribution is -2.37. The number of benzene rings is 2. The Hall–Kier alpha value is -3.12. The second-order valence-electron chi connectivity index (χ2n) is 6.47. The van der Waals surface area contributed by atoms with Gasteiger partial charge in [0.25, 0.3) is 5.91 Å². The van der Waals surface area contributed by atoms with Gasteiger partial charge in [0.15, 0.2) is 0 Å². The Morgan fingerprint density at radius 2 is 1.89 bits per heavy atom. The van der Waals surface area contributed by atoms with Gasteiger partial charge in [0.1, 0.15) is 0 Å². The van der Waals surface area contributed by atoms with Crippen molar-refractivity contribution in [3.63, 3.8) is 0 Å². The standard InChI is InChI=1S/C21H21ClN4O2/c1-25(20(27)12-23-21(28)18-8-5-9-19(22)10-18)13-17-11-24-26(15-17)14-16-6-3-2-4-7-16/h2-11,15H,12-14H2,1H3,(H,23,28). The van der Waals surface area contributed by atoms with E-state index in [0.717, 1.165) is 11.1 Å². The van der Waals surface area contributed by atoms with Gasteiger partial charge in [0.05, 0.1) is 19.3 Å². The number of halogens is 1. The average Bonchev–Trinajstić information content (AvgIpc) is 3.13. The molecule has 3 aromatic rings. The summed E-state index contributed by atoms with van der Waals surface area (Å²) in [6, 6.07) is 16.6. The molecule has 0 saturated carbocycles. The molecule has 0 atom stereocenters. The van der Waals surface area contributed by atoms with Crippen LogP contribution in [0.15, 0.2) is 67.0 Å². The monoisotopic (exact) mass is 396 g/mol. The van der Waals surface area contributed by atoms with E-state index >= 15 is 0 Å². The van der Waals surface area contributed by atoms with Crippen molar-refractivity contribution < 1.29 is 9.59 Å². The number of hydrogen-bond donors (Lipinski definition) is 1. The fourth-order valence-electron chi connectivity index (χ4n) is 2.73. The van der Waals surface area contributed by atoms with Gasteiger partial charge in [-0.05, 0) is 23.8 Å². The molecule has 1 heterocycles. The number of nitrogens with zero attached hydrogens (tertiary/aromatic N) is 3. The van der Waals surface area contributed by atoms with Crippen LogP contribution in [0.1, 0.15) is 21.5 Å². The Labute approximate surface area is 168 Å². The van der Waals surface area contributed by atoms with Crippen molar-refractivity contribution in [3.8, 4) is 0 Å². The van der Waals surface area contributed by atoms with Crippen LogP contribution in [0.3, 0.4) is 0 Å². The summed E-state index contributed by atoms with van der Waals surface area (Å²) in [6.07, 6.45) is 3.67. The van der Waals surface area contributed by atoms with Crippen LogP contribution < -0.4 is 5.32 Å². The zero-order chi connectivity index (χ0) is 19.9. The van der Waals surface area contributed by atoms with Crippen molar-refractivity contribution in [2.75, 3.05) is 13.6 Å². The summed E-state index contributed by atoms with van der Waals surface area (Å²) in [5.74, 6) is -0.522. The molecule has 3 rings (SSSR count). The molecule has 2 aromatic carbocycles. The van der Waals surface area contributed by atoms with Gasteiger partial charge < -0.3 is 10.2 Å². The first-order valence-corrected chi connectivity index (χ1v) is 9.22. The lowest BCUT2D eigenvalue weighted by Gasteiger charge is -2.16. The molecule has 0 aliphatic carbocycles. The second-order valence-corrected chi connectivity index (χ2v) is 6.91. The molecular weight excluding hydrogens is 376 g/mol. The topological polar surface area (TPSA) is 67.2 Å². The van der Waals surface area contributed by atoms with Crippen LogP contribution in [0.4, 0.5) is 0 Å². The number of likely N-dealkylation sites (N-methyl/N-ethyl adjacent to an activating group) is 1. The van der Waals surface area contributed by atoms with Crippen molar-refractivity contribution in [2.24, 2.45) is 0 Å². The van der Waals surface area contributed by atoms with Crippen LogP contribution in [0.5, 0.6) is 0 Å². The van der Waals surface area contributed by atoms with E-state index in [0.29, 0.717) is 23.7 Å². The highest BCUT2D eigenvalue weighted by Gasteiger charge is 2.13. The molecule has 1 aromatic heterocycles. The van der Waals surface area contributed by atoms with Crippen LogP contribution in [0.25, 0.3) is 0 Å². The number of rotatable bonds is 7. The molecule has 0 spiro atoms. The van der Waals surface area contributed by atoms with E-state index in [-0.39, 0.29) is 18.4 Å². The van der Waals surface area contributed by atoms with Crippen LogP contribution in [-0.2, 0) is 17.9 Å². The van der Waals surface area contributed by atoms with Crippen molar-refractivity contribution in [3.05, 3.63) is 88.7 Å². The predicted octanol–water partition coefficient (Wildman–Crippen LogP) is 2.97. The lowest BCUT2D eigenvalue weighted by molar-refractivity contribution is -0.129. The molecule has 0 unspecified atom stereocenters. The van der Waals surface area contributed by atoms with E-state index in [1.807, 2.05) is 41.2 Å². The molecule has 0 saturated heterocycles. The highest BCUT2D eigenvalue weighted by Crippen LogP contribution is 2.10. The number of carbonyl (C=O) groups excluding carboxylic acids is 2. The summed E-state index contributed by atoms with van der Waals surface area (Å²) in [7, 11) is 1.70. The van der Waals surface area contributed by atoms with Crippen LogP contribution in [0, 0.1) is 0 Å². The Kier molecular flexibility index (Phi) is 6.45.